The number of carbonyl (C=O) groups excluding carboxylic acids is 1. The lowest BCUT2D eigenvalue weighted by atomic mass is 10.1. The Morgan fingerprint density at radius 2 is 1.61 bits per heavy atom. The van der Waals surface area contributed by atoms with Gasteiger partial charge in [-0.3, -0.25) is 15.0 Å². The summed E-state index contributed by atoms with van der Waals surface area (Å²) in [5.41, 5.74) is 3.16. The second-order valence-electron chi connectivity index (χ2n) is 7.13. The van der Waals surface area contributed by atoms with Crippen molar-refractivity contribution in [3.05, 3.63) is 59.6 Å². The average Bonchev–Trinajstić information content (AvgIpc) is 2.80. The maximum absolute atomic E-state index is 12.6. The van der Waals surface area contributed by atoms with E-state index >= 15 is 0 Å². The predicted molar refractivity (Wildman–Crippen MR) is 120 cm³/mol. The highest BCUT2D eigenvalue weighted by molar-refractivity contribution is 6.30. The third-order valence-corrected chi connectivity index (χ3v) is 5.23. The SMILES string of the molecule is COc1ccc(-c2cc(-c3ccc(Cl)cc3)nc(NC(=O)CN3CCOCC3)n2)cc1. The van der Waals surface area contributed by atoms with Gasteiger partial charge in [-0.05, 0) is 42.5 Å². The van der Waals surface area contributed by atoms with Crippen molar-refractivity contribution in [2.45, 2.75) is 0 Å². The van der Waals surface area contributed by atoms with Crippen LogP contribution in [-0.2, 0) is 9.53 Å². The number of benzene rings is 2. The van der Waals surface area contributed by atoms with E-state index in [0.29, 0.717) is 29.6 Å². The summed E-state index contributed by atoms with van der Waals surface area (Å²) >= 11 is 6.03. The highest BCUT2D eigenvalue weighted by atomic mass is 35.5. The lowest BCUT2D eigenvalue weighted by Crippen LogP contribution is -2.41. The zero-order valence-electron chi connectivity index (χ0n) is 17.2. The van der Waals surface area contributed by atoms with Gasteiger partial charge in [-0.1, -0.05) is 23.7 Å². The molecule has 0 radical (unpaired) electrons. The number of anilines is 1. The Hall–Kier alpha value is -3.00. The quantitative estimate of drug-likeness (QED) is 0.631. The third-order valence-electron chi connectivity index (χ3n) is 4.97. The molecule has 1 aliphatic rings. The van der Waals surface area contributed by atoms with Crippen molar-refractivity contribution in [1.82, 2.24) is 14.9 Å². The molecule has 3 aromatic rings. The Balaban J connectivity index is 1.63. The highest BCUT2D eigenvalue weighted by Gasteiger charge is 2.16. The summed E-state index contributed by atoms with van der Waals surface area (Å²) in [7, 11) is 1.63. The van der Waals surface area contributed by atoms with Gasteiger partial charge in [0.2, 0.25) is 11.9 Å². The van der Waals surface area contributed by atoms with Crippen molar-refractivity contribution < 1.29 is 14.3 Å². The van der Waals surface area contributed by atoms with Crippen LogP contribution in [0.4, 0.5) is 5.95 Å². The molecule has 0 unspecified atom stereocenters. The number of methoxy groups -OCH3 is 1. The van der Waals surface area contributed by atoms with Crippen LogP contribution in [-0.4, -0.2) is 60.7 Å². The second kappa shape index (κ2) is 9.87. The van der Waals surface area contributed by atoms with Crippen LogP contribution >= 0.6 is 11.6 Å². The number of morpholine rings is 1. The van der Waals surface area contributed by atoms with E-state index in [1.165, 1.54) is 0 Å². The van der Waals surface area contributed by atoms with Crippen LogP contribution in [0.25, 0.3) is 22.5 Å². The smallest absolute Gasteiger partial charge is 0.240 e. The monoisotopic (exact) mass is 438 g/mol. The van der Waals surface area contributed by atoms with E-state index in [4.69, 9.17) is 21.1 Å². The van der Waals surface area contributed by atoms with E-state index in [0.717, 1.165) is 30.0 Å². The van der Waals surface area contributed by atoms with Crippen LogP contribution in [0.3, 0.4) is 0 Å². The van der Waals surface area contributed by atoms with Crippen molar-refractivity contribution >= 4 is 23.5 Å². The zero-order valence-corrected chi connectivity index (χ0v) is 17.9. The normalized spacial score (nSPS) is 14.3. The van der Waals surface area contributed by atoms with E-state index in [-0.39, 0.29) is 18.4 Å². The van der Waals surface area contributed by atoms with E-state index in [2.05, 4.69) is 15.3 Å². The van der Waals surface area contributed by atoms with Crippen LogP contribution < -0.4 is 10.1 Å². The predicted octanol–water partition coefficient (Wildman–Crippen LogP) is 3.74. The molecule has 8 heteroatoms. The molecule has 31 heavy (non-hydrogen) atoms. The topological polar surface area (TPSA) is 76.6 Å². The minimum atomic E-state index is -0.157. The molecule has 1 aromatic heterocycles. The molecule has 1 N–H and O–H groups in total. The van der Waals surface area contributed by atoms with Gasteiger partial charge in [0.25, 0.3) is 0 Å². The second-order valence-corrected chi connectivity index (χ2v) is 7.57. The molecule has 0 aliphatic carbocycles. The number of aromatic nitrogens is 2. The summed E-state index contributed by atoms with van der Waals surface area (Å²) < 4.78 is 10.6. The minimum absolute atomic E-state index is 0.157. The van der Waals surface area contributed by atoms with Gasteiger partial charge in [0, 0.05) is 29.2 Å². The van der Waals surface area contributed by atoms with Crippen molar-refractivity contribution in [2.24, 2.45) is 0 Å². The Morgan fingerprint density at radius 3 is 2.19 bits per heavy atom. The molecule has 160 valence electrons. The fraction of sp³-hybridized carbons (Fsp3) is 0.261. The molecule has 4 rings (SSSR count). The first kappa shape index (κ1) is 21.2. The van der Waals surface area contributed by atoms with Gasteiger partial charge >= 0.3 is 0 Å². The molecule has 1 fully saturated rings. The standard InChI is InChI=1S/C23H23ClN4O3/c1-30-19-8-4-17(5-9-19)21-14-20(16-2-6-18(24)7-3-16)25-23(26-21)27-22(29)15-28-10-12-31-13-11-28/h2-9,14H,10-13,15H2,1H3,(H,25,26,27,29). The Morgan fingerprint density at radius 1 is 1.03 bits per heavy atom. The molecule has 2 heterocycles. The summed E-state index contributed by atoms with van der Waals surface area (Å²) in [6.45, 7) is 3.01. The molecule has 2 aromatic carbocycles. The van der Waals surface area contributed by atoms with Gasteiger partial charge in [0.15, 0.2) is 0 Å². The maximum Gasteiger partial charge on any atom is 0.240 e. The van der Waals surface area contributed by atoms with E-state index < -0.39 is 0 Å². The van der Waals surface area contributed by atoms with Crippen LogP contribution in [0, 0.1) is 0 Å². The number of rotatable bonds is 6. The summed E-state index contributed by atoms with van der Waals surface area (Å²) in [5.74, 6) is 0.863. The van der Waals surface area contributed by atoms with E-state index in [1.54, 1.807) is 7.11 Å². The third kappa shape index (κ3) is 5.58. The van der Waals surface area contributed by atoms with Crippen molar-refractivity contribution in [2.75, 3.05) is 45.3 Å². The molecule has 0 bridgehead atoms. The van der Waals surface area contributed by atoms with Gasteiger partial charge in [-0.25, -0.2) is 9.97 Å². The number of halogens is 1. The number of ether oxygens (including phenoxy) is 2. The van der Waals surface area contributed by atoms with Crippen LogP contribution in [0.5, 0.6) is 5.75 Å². The number of nitrogens with one attached hydrogen (secondary N) is 1. The van der Waals surface area contributed by atoms with Gasteiger partial charge in [-0.15, -0.1) is 0 Å². The van der Waals surface area contributed by atoms with Crippen molar-refractivity contribution in [3.8, 4) is 28.3 Å². The van der Waals surface area contributed by atoms with E-state index in [9.17, 15) is 4.79 Å². The van der Waals surface area contributed by atoms with Gasteiger partial charge in [0.1, 0.15) is 5.75 Å². The molecule has 0 spiro atoms. The van der Waals surface area contributed by atoms with Gasteiger partial charge in [-0.2, -0.15) is 0 Å². The Kier molecular flexibility index (Phi) is 6.76. The van der Waals surface area contributed by atoms with Gasteiger partial charge in [0.05, 0.1) is 38.3 Å². The zero-order chi connectivity index (χ0) is 21.6. The Bertz CT molecular complexity index is 1040. The van der Waals surface area contributed by atoms with Crippen LogP contribution in [0.2, 0.25) is 5.02 Å². The number of hydrogen-bond donors (Lipinski definition) is 1. The molecule has 0 saturated carbocycles. The summed E-state index contributed by atoms with van der Waals surface area (Å²) in [6.07, 6.45) is 0. The molecule has 1 saturated heterocycles. The minimum Gasteiger partial charge on any atom is -0.497 e. The van der Waals surface area contributed by atoms with Crippen molar-refractivity contribution in [3.63, 3.8) is 0 Å². The number of carbonyl (C=O) groups is 1. The average molecular weight is 439 g/mol. The largest absolute Gasteiger partial charge is 0.497 e. The fourth-order valence-electron chi connectivity index (χ4n) is 3.31. The van der Waals surface area contributed by atoms with Crippen LogP contribution in [0.1, 0.15) is 0 Å². The van der Waals surface area contributed by atoms with Crippen molar-refractivity contribution in [1.29, 1.82) is 0 Å². The summed E-state index contributed by atoms with van der Waals surface area (Å²) in [5, 5.41) is 3.49. The number of amides is 1. The Labute approximate surface area is 186 Å². The summed E-state index contributed by atoms with van der Waals surface area (Å²) in [6, 6.07) is 16.9. The highest BCUT2D eigenvalue weighted by Crippen LogP contribution is 2.27. The lowest BCUT2D eigenvalue weighted by molar-refractivity contribution is -0.118. The summed E-state index contributed by atoms with van der Waals surface area (Å²) in [4.78, 5) is 23.8. The number of hydrogen-bond acceptors (Lipinski definition) is 6. The van der Waals surface area contributed by atoms with E-state index in [1.807, 2.05) is 59.5 Å². The first-order valence-corrected chi connectivity index (χ1v) is 10.4. The number of nitrogens with zero attached hydrogens (tertiary/aromatic N) is 3. The van der Waals surface area contributed by atoms with Crippen LogP contribution in [0.15, 0.2) is 54.6 Å². The molecule has 7 nitrogen and oxygen atoms in total. The molecule has 1 amide bonds. The maximum atomic E-state index is 12.6. The fourth-order valence-corrected chi connectivity index (χ4v) is 3.43. The molecule has 1 aliphatic heterocycles. The molecule has 0 atom stereocenters. The molecular formula is C23H23ClN4O3. The first-order valence-electron chi connectivity index (χ1n) is 10.00. The first-order chi connectivity index (χ1) is 15.1. The lowest BCUT2D eigenvalue weighted by Gasteiger charge is -2.25. The van der Waals surface area contributed by atoms with Gasteiger partial charge < -0.3 is 9.47 Å². The molecular weight excluding hydrogens is 416 g/mol.